The summed E-state index contributed by atoms with van der Waals surface area (Å²) in [6, 6.07) is 14.6. The quantitative estimate of drug-likeness (QED) is 0.340. The zero-order valence-electron chi connectivity index (χ0n) is 21.9. The van der Waals surface area contributed by atoms with Gasteiger partial charge in [0.15, 0.2) is 5.76 Å². The van der Waals surface area contributed by atoms with Crippen LogP contribution in [0.25, 0.3) is 11.0 Å². The van der Waals surface area contributed by atoms with Crippen molar-refractivity contribution in [2.75, 3.05) is 45.3 Å². The van der Waals surface area contributed by atoms with Crippen LogP contribution in [0.5, 0.6) is 11.5 Å². The summed E-state index contributed by atoms with van der Waals surface area (Å²) in [5, 5.41) is 10.7. The van der Waals surface area contributed by atoms with Gasteiger partial charge in [-0.2, -0.15) is 0 Å². The Morgan fingerprint density at radius 2 is 1.72 bits per heavy atom. The molecule has 1 unspecified atom stereocenters. The summed E-state index contributed by atoms with van der Waals surface area (Å²) in [6.07, 6.45) is 3.05. The highest BCUT2D eigenvalue weighted by Gasteiger charge is 2.28. The summed E-state index contributed by atoms with van der Waals surface area (Å²) in [5.41, 5.74) is 2.53. The average Bonchev–Trinajstić information content (AvgIpc) is 2.98. The predicted molar refractivity (Wildman–Crippen MR) is 145 cm³/mol. The summed E-state index contributed by atoms with van der Waals surface area (Å²) in [5.74, 6) is -0.497. The monoisotopic (exact) mass is 530 g/mol. The van der Waals surface area contributed by atoms with Crippen molar-refractivity contribution in [1.29, 1.82) is 0 Å². The molecule has 0 saturated carbocycles. The van der Waals surface area contributed by atoms with Crippen LogP contribution in [0.1, 0.15) is 29.4 Å². The van der Waals surface area contributed by atoms with E-state index < -0.39 is 23.1 Å². The highest BCUT2D eigenvalue weighted by molar-refractivity contribution is 5.76. The minimum absolute atomic E-state index is 0.0306. The molecule has 10 heteroatoms. The van der Waals surface area contributed by atoms with E-state index in [9.17, 15) is 14.7 Å². The number of carbonyl (C=O) groups is 1. The van der Waals surface area contributed by atoms with Crippen molar-refractivity contribution in [3.05, 3.63) is 88.2 Å². The van der Waals surface area contributed by atoms with Gasteiger partial charge in [-0.15, -0.1) is 0 Å². The summed E-state index contributed by atoms with van der Waals surface area (Å²) in [7, 11) is 2.94. The number of aromatic nitrogens is 2. The molecule has 1 atom stereocenters. The lowest BCUT2D eigenvalue weighted by molar-refractivity contribution is -0.140. The number of hydrogen-bond donors (Lipinski definition) is 1. The maximum atomic E-state index is 12.8. The fourth-order valence-corrected chi connectivity index (χ4v) is 4.86. The molecule has 2 aromatic heterocycles. The molecular formula is C29H30N4O6. The molecule has 0 spiro atoms. The SMILES string of the molecule is COC(=O)CC(c1ccc2nccnc2c1)c1oc(CN2CCN(c3ccc(OC)cc3)CC2)cc(=O)c1O. The van der Waals surface area contributed by atoms with Crippen LogP contribution in [0.3, 0.4) is 0 Å². The molecule has 1 fully saturated rings. The lowest BCUT2D eigenvalue weighted by Gasteiger charge is -2.36. The number of aromatic hydroxyl groups is 1. The average molecular weight is 531 g/mol. The molecule has 39 heavy (non-hydrogen) atoms. The topological polar surface area (TPSA) is 118 Å². The third-order valence-electron chi connectivity index (χ3n) is 7.00. The number of piperazine rings is 1. The van der Waals surface area contributed by atoms with E-state index in [-0.39, 0.29) is 12.2 Å². The van der Waals surface area contributed by atoms with E-state index in [0.29, 0.717) is 28.9 Å². The Hall–Kier alpha value is -4.44. The second kappa shape index (κ2) is 11.5. The molecule has 1 aliphatic rings. The van der Waals surface area contributed by atoms with Crippen LogP contribution in [0.2, 0.25) is 0 Å². The number of anilines is 1. The zero-order valence-corrected chi connectivity index (χ0v) is 21.9. The number of nitrogens with zero attached hydrogens (tertiary/aromatic N) is 4. The number of benzene rings is 2. The fraction of sp³-hybridized carbons (Fsp3) is 0.310. The molecule has 1 N–H and O–H groups in total. The highest BCUT2D eigenvalue weighted by Crippen LogP contribution is 2.34. The van der Waals surface area contributed by atoms with Crippen LogP contribution in [0, 0.1) is 0 Å². The third kappa shape index (κ3) is 5.85. The first-order valence-electron chi connectivity index (χ1n) is 12.7. The van der Waals surface area contributed by atoms with Crippen molar-refractivity contribution in [2.45, 2.75) is 18.9 Å². The van der Waals surface area contributed by atoms with E-state index in [1.54, 1.807) is 37.7 Å². The molecule has 1 aliphatic heterocycles. The molecule has 4 aromatic rings. The van der Waals surface area contributed by atoms with Crippen molar-refractivity contribution in [3.8, 4) is 11.5 Å². The number of fused-ring (bicyclic) bond motifs is 1. The molecule has 3 heterocycles. The van der Waals surface area contributed by atoms with Gasteiger partial charge in [0.2, 0.25) is 11.2 Å². The Balaban J connectivity index is 1.38. The van der Waals surface area contributed by atoms with Gasteiger partial charge in [0.05, 0.1) is 44.1 Å². The second-order valence-corrected chi connectivity index (χ2v) is 9.39. The molecule has 10 nitrogen and oxygen atoms in total. The van der Waals surface area contributed by atoms with Crippen molar-refractivity contribution in [1.82, 2.24) is 14.9 Å². The summed E-state index contributed by atoms with van der Waals surface area (Å²) in [4.78, 5) is 38.3. The molecule has 202 valence electrons. The Kier molecular flexibility index (Phi) is 7.74. The van der Waals surface area contributed by atoms with Crippen molar-refractivity contribution >= 4 is 22.7 Å². The number of esters is 1. The van der Waals surface area contributed by atoms with E-state index in [2.05, 4.69) is 19.8 Å². The number of hydrogen-bond acceptors (Lipinski definition) is 10. The largest absolute Gasteiger partial charge is 0.502 e. The van der Waals surface area contributed by atoms with Gasteiger partial charge < -0.3 is 23.9 Å². The van der Waals surface area contributed by atoms with Crippen LogP contribution >= 0.6 is 0 Å². The first-order chi connectivity index (χ1) is 18.9. The van der Waals surface area contributed by atoms with Gasteiger partial charge in [0.25, 0.3) is 0 Å². The highest BCUT2D eigenvalue weighted by atomic mass is 16.5. The summed E-state index contributed by atoms with van der Waals surface area (Å²) < 4.78 is 16.3. The second-order valence-electron chi connectivity index (χ2n) is 9.39. The van der Waals surface area contributed by atoms with Gasteiger partial charge in [-0.25, -0.2) is 0 Å². The Bertz CT molecular complexity index is 1510. The molecule has 0 radical (unpaired) electrons. The number of carbonyl (C=O) groups excluding carboxylic acids is 1. The van der Waals surface area contributed by atoms with Gasteiger partial charge in [-0.3, -0.25) is 24.5 Å². The summed E-state index contributed by atoms with van der Waals surface area (Å²) >= 11 is 0. The zero-order chi connectivity index (χ0) is 27.4. The first kappa shape index (κ1) is 26.2. The van der Waals surface area contributed by atoms with E-state index in [0.717, 1.165) is 37.6 Å². The molecule has 0 amide bonds. The predicted octanol–water partition coefficient (Wildman–Crippen LogP) is 3.31. The molecule has 5 rings (SSSR count). The maximum Gasteiger partial charge on any atom is 0.306 e. The Labute approximate surface area is 225 Å². The Morgan fingerprint density at radius 3 is 2.41 bits per heavy atom. The number of rotatable bonds is 8. The molecular weight excluding hydrogens is 500 g/mol. The van der Waals surface area contributed by atoms with Crippen molar-refractivity contribution in [3.63, 3.8) is 0 Å². The molecule has 1 saturated heterocycles. The minimum atomic E-state index is -0.747. The van der Waals surface area contributed by atoms with Crippen LogP contribution in [0.4, 0.5) is 5.69 Å². The molecule has 0 bridgehead atoms. The smallest absolute Gasteiger partial charge is 0.306 e. The first-order valence-corrected chi connectivity index (χ1v) is 12.7. The molecule has 2 aromatic carbocycles. The lowest BCUT2D eigenvalue weighted by atomic mass is 9.91. The number of methoxy groups -OCH3 is 2. The maximum absolute atomic E-state index is 12.8. The van der Waals surface area contributed by atoms with Gasteiger partial charge >= 0.3 is 5.97 Å². The van der Waals surface area contributed by atoms with Crippen molar-refractivity contribution in [2.24, 2.45) is 0 Å². The van der Waals surface area contributed by atoms with E-state index in [4.69, 9.17) is 13.9 Å². The third-order valence-corrected chi connectivity index (χ3v) is 7.00. The van der Waals surface area contributed by atoms with Crippen LogP contribution < -0.4 is 15.1 Å². The Morgan fingerprint density at radius 1 is 1.00 bits per heavy atom. The van der Waals surface area contributed by atoms with Gasteiger partial charge in [0.1, 0.15) is 11.5 Å². The van der Waals surface area contributed by atoms with Gasteiger partial charge in [-0.1, -0.05) is 6.07 Å². The summed E-state index contributed by atoms with van der Waals surface area (Å²) in [6.45, 7) is 3.55. The lowest BCUT2D eigenvalue weighted by Crippen LogP contribution is -2.46. The van der Waals surface area contributed by atoms with Gasteiger partial charge in [-0.05, 0) is 42.0 Å². The van der Waals surface area contributed by atoms with E-state index in [1.807, 2.05) is 24.3 Å². The van der Waals surface area contributed by atoms with Crippen LogP contribution in [-0.2, 0) is 16.1 Å². The van der Waals surface area contributed by atoms with Crippen molar-refractivity contribution < 1.29 is 23.8 Å². The normalized spacial score (nSPS) is 14.8. The van der Waals surface area contributed by atoms with Crippen LogP contribution in [-0.4, -0.2) is 66.3 Å². The number of ether oxygens (including phenoxy) is 2. The van der Waals surface area contributed by atoms with Gasteiger partial charge in [0, 0.05) is 50.3 Å². The minimum Gasteiger partial charge on any atom is -0.502 e. The van der Waals surface area contributed by atoms with E-state index in [1.165, 1.54) is 13.2 Å². The fourth-order valence-electron chi connectivity index (χ4n) is 4.86. The molecule has 0 aliphatic carbocycles. The van der Waals surface area contributed by atoms with Crippen LogP contribution in [0.15, 0.2) is 70.1 Å². The van der Waals surface area contributed by atoms with E-state index >= 15 is 0 Å². The standard InChI is InChI=1S/C29H30N4O6/c1-37-21-6-4-20(5-7-21)33-13-11-32(12-14-33)18-22-16-26(34)28(36)29(39-22)23(17-27(35)38-2)19-3-8-24-25(15-19)31-10-9-30-24/h3-10,15-16,23,36H,11-14,17-18H2,1-2H3.